The standard InChI is InChI=1S/C7H10O3/c1-5-3-2-4-6(10-5)7(8)9/h4-5H,2-3H2,1H3,(H,8,9). The van der Waals surface area contributed by atoms with Crippen molar-refractivity contribution in [2.24, 2.45) is 0 Å². The van der Waals surface area contributed by atoms with Crippen molar-refractivity contribution in [3.63, 3.8) is 0 Å². The smallest absolute Gasteiger partial charge is 0.370 e. The third kappa shape index (κ3) is 1.50. The lowest BCUT2D eigenvalue weighted by molar-refractivity contribution is -0.138. The second-order valence-corrected chi connectivity index (χ2v) is 2.38. The van der Waals surface area contributed by atoms with E-state index in [-0.39, 0.29) is 11.9 Å². The molecule has 1 aliphatic heterocycles. The molecule has 0 spiro atoms. The van der Waals surface area contributed by atoms with Gasteiger partial charge < -0.3 is 9.84 Å². The maximum atomic E-state index is 10.3. The van der Waals surface area contributed by atoms with Gasteiger partial charge in [-0.1, -0.05) is 0 Å². The van der Waals surface area contributed by atoms with Crippen molar-refractivity contribution in [3.05, 3.63) is 11.8 Å². The van der Waals surface area contributed by atoms with Crippen LogP contribution in [0.1, 0.15) is 19.8 Å². The lowest BCUT2D eigenvalue weighted by Crippen LogP contribution is -2.16. The number of rotatable bonds is 1. The Morgan fingerprint density at radius 2 is 2.60 bits per heavy atom. The molecule has 0 bridgehead atoms. The Balaban J connectivity index is 2.60. The molecular weight excluding hydrogens is 132 g/mol. The van der Waals surface area contributed by atoms with Crippen molar-refractivity contribution in [1.29, 1.82) is 0 Å². The molecule has 1 heterocycles. The third-order valence-electron chi connectivity index (χ3n) is 1.44. The van der Waals surface area contributed by atoms with Crippen LogP contribution < -0.4 is 0 Å². The summed E-state index contributed by atoms with van der Waals surface area (Å²) in [5.74, 6) is -0.870. The SMILES string of the molecule is CC1CCC=C(C(=O)O)O1. The number of hydrogen-bond acceptors (Lipinski definition) is 2. The largest absolute Gasteiger partial charge is 0.484 e. The first kappa shape index (κ1) is 7.12. The van der Waals surface area contributed by atoms with Gasteiger partial charge in [0.25, 0.3) is 0 Å². The summed E-state index contributed by atoms with van der Waals surface area (Å²) in [5.41, 5.74) is 0. The molecule has 0 aromatic heterocycles. The van der Waals surface area contributed by atoms with E-state index in [1.165, 1.54) is 0 Å². The topological polar surface area (TPSA) is 46.5 Å². The number of hydrogen-bond donors (Lipinski definition) is 1. The molecule has 1 atom stereocenters. The molecule has 56 valence electrons. The molecule has 10 heavy (non-hydrogen) atoms. The number of aliphatic carboxylic acids is 1. The van der Waals surface area contributed by atoms with Gasteiger partial charge in [-0.05, 0) is 25.8 Å². The van der Waals surface area contributed by atoms with Gasteiger partial charge in [-0.15, -0.1) is 0 Å². The van der Waals surface area contributed by atoms with Crippen LogP contribution in [0.3, 0.4) is 0 Å². The van der Waals surface area contributed by atoms with Gasteiger partial charge in [-0.3, -0.25) is 0 Å². The fourth-order valence-corrected chi connectivity index (χ4v) is 0.911. The first-order valence-corrected chi connectivity index (χ1v) is 3.30. The van der Waals surface area contributed by atoms with Crippen LogP contribution in [0.25, 0.3) is 0 Å². The van der Waals surface area contributed by atoms with Crippen molar-refractivity contribution < 1.29 is 14.6 Å². The summed E-state index contributed by atoms with van der Waals surface area (Å²) in [6, 6.07) is 0. The predicted molar refractivity (Wildman–Crippen MR) is 35.5 cm³/mol. The first-order chi connectivity index (χ1) is 4.70. The molecule has 0 aliphatic carbocycles. The number of ether oxygens (including phenoxy) is 1. The van der Waals surface area contributed by atoms with E-state index in [0.29, 0.717) is 0 Å². The van der Waals surface area contributed by atoms with E-state index in [1.807, 2.05) is 6.92 Å². The normalized spacial score (nSPS) is 24.9. The van der Waals surface area contributed by atoms with Gasteiger partial charge in [0.05, 0.1) is 6.10 Å². The van der Waals surface area contributed by atoms with Crippen LogP contribution in [-0.2, 0) is 9.53 Å². The molecule has 0 fully saturated rings. The van der Waals surface area contributed by atoms with Crippen molar-refractivity contribution >= 4 is 5.97 Å². The lowest BCUT2D eigenvalue weighted by atomic mass is 10.1. The number of carboxylic acids is 1. The van der Waals surface area contributed by atoms with Crippen LogP contribution >= 0.6 is 0 Å². The van der Waals surface area contributed by atoms with Gasteiger partial charge in [-0.25, -0.2) is 4.79 Å². The minimum atomic E-state index is -0.966. The molecule has 1 unspecified atom stereocenters. The van der Waals surface area contributed by atoms with Gasteiger partial charge in [0.1, 0.15) is 0 Å². The number of carboxylic acid groups (broad SMARTS) is 1. The van der Waals surface area contributed by atoms with Crippen molar-refractivity contribution in [3.8, 4) is 0 Å². The van der Waals surface area contributed by atoms with Gasteiger partial charge in [0.2, 0.25) is 5.76 Å². The molecule has 0 saturated heterocycles. The van der Waals surface area contributed by atoms with E-state index >= 15 is 0 Å². The minimum absolute atomic E-state index is 0.0519. The van der Waals surface area contributed by atoms with E-state index in [9.17, 15) is 4.79 Å². The molecule has 0 aromatic rings. The van der Waals surface area contributed by atoms with Crippen molar-refractivity contribution in [1.82, 2.24) is 0 Å². The van der Waals surface area contributed by atoms with Crippen LogP contribution in [-0.4, -0.2) is 17.2 Å². The summed E-state index contributed by atoms with van der Waals surface area (Å²) in [6.07, 6.45) is 3.39. The summed E-state index contributed by atoms with van der Waals surface area (Å²) in [4.78, 5) is 10.3. The highest BCUT2D eigenvalue weighted by Crippen LogP contribution is 2.15. The number of carbonyl (C=O) groups is 1. The number of allylic oxidation sites excluding steroid dienone is 1. The molecule has 0 saturated carbocycles. The Morgan fingerprint density at radius 1 is 1.90 bits per heavy atom. The highest BCUT2D eigenvalue weighted by atomic mass is 16.5. The Labute approximate surface area is 59.3 Å². The van der Waals surface area contributed by atoms with E-state index in [4.69, 9.17) is 9.84 Å². The molecule has 3 heteroatoms. The fourth-order valence-electron chi connectivity index (χ4n) is 0.911. The molecule has 0 radical (unpaired) electrons. The van der Waals surface area contributed by atoms with Crippen molar-refractivity contribution in [2.75, 3.05) is 0 Å². The summed E-state index contributed by atoms with van der Waals surface area (Å²) in [5, 5.41) is 8.46. The van der Waals surface area contributed by atoms with E-state index < -0.39 is 5.97 Å². The maximum Gasteiger partial charge on any atom is 0.370 e. The average molecular weight is 142 g/mol. The Hall–Kier alpha value is -0.990. The second-order valence-electron chi connectivity index (χ2n) is 2.38. The zero-order valence-corrected chi connectivity index (χ0v) is 5.83. The third-order valence-corrected chi connectivity index (χ3v) is 1.44. The molecule has 0 amide bonds. The van der Waals surface area contributed by atoms with Gasteiger partial charge >= 0.3 is 5.97 Å². The monoisotopic (exact) mass is 142 g/mol. The summed E-state index contributed by atoms with van der Waals surface area (Å²) in [6.45, 7) is 1.87. The highest BCUT2D eigenvalue weighted by molar-refractivity contribution is 5.84. The summed E-state index contributed by atoms with van der Waals surface area (Å²) in [7, 11) is 0. The van der Waals surface area contributed by atoms with Gasteiger partial charge in [0.15, 0.2) is 0 Å². The van der Waals surface area contributed by atoms with E-state index in [0.717, 1.165) is 12.8 Å². The Morgan fingerprint density at radius 3 is 3.00 bits per heavy atom. The quantitative estimate of drug-likeness (QED) is 0.597. The average Bonchev–Trinajstić information content (AvgIpc) is 1.88. The van der Waals surface area contributed by atoms with E-state index in [1.54, 1.807) is 6.08 Å². The zero-order valence-electron chi connectivity index (χ0n) is 5.83. The molecule has 1 rings (SSSR count). The van der Waals surface area contributed by atoms with Crippen LogP contribution in [0.5, 0.6) is 0 Å². The minimum Gasteiger partial charge on any atom is -0.484 e. The van der Waals surface area contributed by atoms with Crippen LogP contribution in [0, 0.1) is 0 Å². The Kier molecular flexibility index (Phi) is 1.94. The van der Waals surface area contributed by atoms with Crippen LogP contribution in [0.15, 0.2) is 11.8 Å². The maximum absolute atomic E-state index is 10.3. The zero-order chi connectivity index (χ0) is 7.56. The molecular formula is C7H10O3. The molecule has 0 aromatic carbocycles. The Bertz CT molecular complexity index is 172. The van der Waals surface area contributed by atoms with Crippen LogP contribution in [0.2, 0.25) is 0 Å². The van der Waals surface area contributed by atoms with Crippen LogP contribution in [0.4, 0.5) is 0 Å². The summed E-state index contributed by atoms with van der Waals surface area (Å²) < 4.78 is 5.01. The highest BCUT2D eigenvalue weighted by Gasteiger charge is 2.16. The molecule has 1 aliphatic rings. The fraction of sp³-hybridized carbons (Fsp3) is 0.571. The molecule has 3 nitrogen and oxygen atoms in total. The van der Waals surface area contributed by atoms with Gasteiger partial charge in [-0.2, -0.15) is 0 Å². The summed E-state index contributed by atoms with van der Waals surface area (Å²) >= 11 is 0. The van der Waals surface area contributed by atoms with Gasteiger partial charge in [0, 0.05) is 0 Å². The van der Waals surface area contributed by atoms with E-state index in [2.05, 4.69) is 0 Å². The molecule has 1 N–H and O–H groups in total. The second kappa shape index (κ2) is 2.73. The lowest BCUT2D eigenvalue weighted by Gasteiger charge is -2.18. The first-order valence-electron chi connectivity index (χ1n) is 3.30. The van der Waals surface area contributed by atoms with Crippen molar-refractivity contribution in [2.45, 2.75) is 25.9 Å². The predicted octanol–water partition coefficient (Wildman–Crippen LogP) is 1.15.